The van der Waals surface area contributed by atoms with Gasteiger partial charge in [0, 0.05) is 12.3 Å². The molecule has 3 unspecified atom stereocenters. The summed E-state index contributed by atoms with van der Waals surface area (Å²) in [5.74, 6) is 0. The van der Waals surface area contributed by atoms with Crippen molar-refractivity contribution in [1.82, 2.24) is 9.55 Å². The highest BCUT2D eigenvalue weighted by Crippen LogP contribution is 2.60. The van der Waals surface area contributed by atoms with Crippen molar-refractivity contribution in [2.24, 2.45) is 0 Å². The maximum Gasteiger partial charge on any atom is 0.363 e. The zero-order valence-electron chi connectivity index (χ0n) is 14.3. The van der Waals surface area contributed by atoms with E-state index in [-0.39, 0.29) is 0 Å². The van der Waals surface area contributed by atoms with Crippen molar-refractivity contribution < 1.29 is 62.4 Å². The molecule has 0 saturated carbocycles. The van der Waals surface area contributed by atoms with Crippen molar-refractivity contribution in [1.29, 1.82) is 0 Å². The highest BCUT2D eigenvalue weighted by molar-refractivity contribution is 8.07. The van der Waals surface area contributed by atoms with Gasteiger partial charge < -0.3 is 34.2 Å². The summed E-state index contributed by atoms with van der Waals surface area (Å²) in [5.41, 5.74) is -1.72. The average molecular weight is 513 g/mol. The molecule has 1 aromatic heterocycles. The molecular weight excluding hydrogens is 499 g/mol. The number of phosphoric acid groups is 1. The lowest BCUT2D eigenvalue weighted by Crippen LogP contribution is -2.77. The molecule has 2 heterocycles. The van der Waals surface area contributed by atoms with Gasteiger partial charge in [-0.15, -0.1) is 0 Å². The van der Waals surface area contributed by atoms with Crippen molar-refractivity contribution in [3.05, 3.63) is 33.1 Å². The van der Waals surface area contributed by atoms with Gasteiger partial charge in [0.05, 0.1) is 6.61 Å². The third-order valence-corrected chi connectivity index (χ3v) is 8.39. The summed E-state index contributed by atoms with van der Waals surface area (Å²) in [6, 6.07) is 0.934. The molecule has 1 aromatic rings. The number of aliphatic hydroxyl groups is 2. The summed E-state index contributed by atoms with van der Waals surface area (Å²) in [7, 11) is -11.2. The Labute approximate surface area is 170 Å². The molecule has 1 saturated heterocycles. The maximum atomic E-state index is 12.0. The van der Waals surface area contributed by atoms with Gasteiger partial charge in [-0.2, -0.15) is 5.25 Å². The van der Waals surface area contributed by atoms with E-state index in [4.69, 9.17) is 9.94 Å². The van der Waals surface area contributed by atoms with Crippen LogP contribution in [0.4, 0.5) is 0 Å². The average Bonchev–Trinajstić information content (AvgIpc) is 2.86. The van der Waals surface area contributed by atoms with Gasteiger partial charge in [0.1, 0.15) is 25.0 Å². The third kappa shape index (κ3) is 6.67. The number of nitrogens with one attached hydrogen (secondary N) is 1. The Hall–Kier alpha value is -0.650. The first-order valence-corrected chi connectivity index (χ1v) is 13.1. The molecule has 0 radical (unpaired) electrons. The molecule has 6 N–H and O–H groups in total. The fourth-order valence-corrected chi connectivity index (χ4v) is 6.30. The normalized spacial score (nSPS) is 30.3. The van der Waals surface area contributed by atoms with Crippen molar-refractivity contribution in [2.45, 2.75) is 24.5 Å². The van der Waals surface area contributed by atoms with Crippen LogP contribution in [0.2, 0.25) is 0 Å². The van der Waals surface area contributed by atoms with Gasteiger partial charge in [0.2, 0.25) is 0 Å². The number of aromatic nitrogens is 2. The van der Waals surface area contributed by atoms with Crippen LogP contribution in [0.25, 0.3) is 0 Å². The van der Waals surface area contributed by atoms with Gasteiger partial charge in [0.25, 0.3) is 13.4 Å². The number of aromatic amines is 1. The van der Waals surface area contributed by atoms with Gasteiger partial charge in [-0.1, -0.05) is 11.8 Å². The number of nitrogens with zero attached hydrogens (tertiary/aromatic N) is 1. The van der Waals surface area contributed by atoms with Gasteiger partial charge in [-0.3, -0.25) is 23.2 Å². The Morgan fingerprint density at radius 3 is 2.43 bits per heavy atom. The predicted molar refractivity (Wildman–Crippen MR) is 88.6 cm³/mol. The topological polar surface area (TPSA) is 272 Å². The van der Waals surface area contributed by atoms with E-state index in [1.807, 2.05) is 4.98 Å². The molecule has 1 aliphatic rings. The lowest BCUT2D eigenvalue weighted by atomic mass is 10.1. The molecule has 0 aromatic carbocycles. The van der Waals surface area contributed by atoms with E-state index >= 15 is 0 Å². The summed E-state index contributed by atoms with van der Waals surface area (Å²) < 4.78 is 40.1. The van der Waals surface area contributed by atoms with E-state index < -0.39 is 69.9 Å². The first kappa shape index (κ1) is 25.6. The number of aliphatic hydroxyl groups excluding tert-OH is 2. The lowest BCUT2D eigenvalue weighted by Gasteiger charge is -2.35. The minimum atomic E-state index is -5.85. The van der Waals surface area contributed by atoms with E-state index in [1.165, 1.54) is 0 Å². The Bertz CT molecular complexity index is 1030. The van der Waals surface area contributed by atoms with Crippen LogP contribution in [0, 0.1) is 0 Å². The minimum Gasteiger partial charge on any atom is -0.779 e. The standard InChI is InChI=1S/C9H16N3O14P3S/c13-5-1-2-12(9(16)10-5)8-7(15)6(14)4(24-8)3-23-29(22,30)26-28(20,21)25-27(18,19)11-17/h1-2,4,6-8,14-15,17H,3H2,(H,20,21)(H,22,30)(H,10,13,16)(H2,11,18,19)/p-2/t4-,6-,7-,8-,29?/m1/s1. The second kappa shape index (κ2) is 9.46. The van der Waals surface area contributed by atoms with E-state index in [0.717, 1.165) is 16.8 Å². The van der Waals surface area contributed by atoms with E-state index in [9.17, 15) is 43.6 Å². The fourth-order valence-electron chi connectivity index (χ4n) is 2.21. The van der Waals surface area contributed by atoms with E-state index in [1.54, 1.807) is 0 Å². The molecule has 172 valence electrons. The minimum absolute atomic E-state index is 0.584. The molecule has 0 spiro atoms. The number of H-pyrrole nitrogens is 1. The van der Waals surface area contributed by atoms with Gasteiger partial charge >= 0.3 is 13.4 Å². The fraction of sp³-hybridized carbons (Fsp3) is 0.556. The quantitative estimate of drug-likeness (QED) is 0.152. The van der Waals surface area contributed by atoms with Gasteiger partial charge in [-0.25, -0.2) is 18.9 Å². The summed E-state index contributed by atoms with van der Waals surface area (Å²) in [5, 5.41) is 27.8. The van der Waals surface area contributed by atoms with Crippen LogP contribution in [-0.4, -0.2) is 49.9 Å². The zero-order chi connectivity index (χ0) is 22.9. The molecule has 1 aliphatic heterocycles. The lowest BCUT2D eigenvalue weighted by molar-refractivity contribution is -0.797. The number of hydrogen-bond acceptors (Lipinski definition) is 15. The molecule has 7 atom stereocenters. The number of rotatable bonds is 9. The molecule has 0 aliphatic carbocycles. The summed E-state index contributed by atoms with van der Waals surface area (Å²) in [6.45, 7) is -5.91. The summed E-state index contributed by atoms with van der Waals surface area (Å²) >= 11 is 4.28. The number of quaternary nitrogens is 1. The van der Waals surface area contributed by atoms with Crippen molar-refractivity contribution in [2.75, 3.05) is 6.61 Å². The zero-order valence-corrected chi connectivity index (χ0v) is 17.8. The molecule has 2 rings (SSSR count). The predicted octanol–water partition coefficient (Wildman–Crippen LogP) is -5.32. The van der Waals surface area contributed by atoms with Crippen LogP contribution in [-0.2, 0) is 38.8 Å². The monoisotopic (exact) mass is 513 g/mol. The van der Waals surface area contributed by atoms with E-state index in [0.29, 0.717) is 0 Å². The molecule has 21 heteroatoms. The molecule has 30 heavy (non-hydrogen) atoms. The molecule has 17 nitrogen and oxygen atoms in total. The maximum absolute atomic E-state index is 12.0. The first-order valence-electron chi connectivity index (χ1n) is 7.48. The number of ether oxygens (including phenoxy) is 1. The van der Waals surface area contributed by atoms with Crippen LogP contribution >= 0.6 is 22.3 Å². The smallest absolute Gasteiger partial charge is 0.363 e. The largest absolute Gasteiger partial charge is 0.779 e. The van der Waals surface area contributed by atoms with Crippen LogP contribution in [0.3, 0.4) is 0 Å². The van der Waals surface area contributed by atoms with Crippen molar-refractivity contribution in [3.8, 4) is 0 Å². The number of nitrogens with two attached hydrogens (primary N) is 1. The molecule has 0 bridgehead atoms. The Balaban J connectivity index is 2.05. The Morgan fingerprint density at radius 1 is 1.23 bits per heavy atom. The van der Waals surface area contributed by atoms with E-state index in [2.05, 4.69) is 25.0 Å². The Morgan fingerprint density at radius 2 is 1.87 bits per heavy atom. The van der Waals surface area contributed by atoms with Crippen LogP contribution in [0.1, 0.15) is 6.23 Å². The summed E-state index contributed by atoms with van der Waals surface area (Å²) in [6.07, 6.45) is -5.52. The Kier molecular flexibility index (Phi) is 8.07. The van der Waals surface area contributed by atoms with Crippen molar-refractivity contribution >= 4 is 34.1 Å². The highest BCUT2D eigenvalue weighted by atomic mass is 32.5. The van der Waals surface area contributed by atoms with Crippen LogP contribution < -0.4 is 31.2 Å². The SMILES string of the molecule is O=c1ccn([C@@H]2O[C@H](COP([O-])(=S)OP(=O)([O-])OP(=O)([O-])[NH2+]O)[C@@H](O)[C@H]2O)c(=O)[nH]1. The second-order valence-electron chi connectivity index (χ2n) is 5.57. The van der Waals surface area contributed by atoms with Crippen LogP contribution in [0.5, 0.6) is 0 Å². The third-order valence-electron chi connectivity index (χ3n) is 3.41. The first-order chi connectivity index (χ1) is 13.7. The molecule has 1 fully saturated rings. The highest BCUT2D eigenvalue weighted by Gasteiger charge is 2.44. The van der Waals surface area contributed by atoms with Crippen molar-refractivity contribution in [3.63, 3.8) is 0 Å². The molecular formula is C9H14N3O14P3S-2. The van der Waals surface area contributed by atoms with Gasteiger partial charge in [-0.05, 0) is 0 Å². The summed E-state index contributed by atoms with van der Waals surface area (Å²) in [4.78, 5) is 59.0. The molecule has 0 amide bonds. The second-order valence-corrected chi connectivity index (χ2v) is 11.6. The number of hydrogen-bond donors (Lipinski definition) is 5. The van der Waals surface area contributed by atoms with Gasteiger partial charge in [0.15, 0.2) is 6.23 Å². The van der Waals surface area contributed by atoms with Crippen LogP contribution in [0.15, 0.2) is 21.9 Å².